The van der Waals surface area contributed by atoms with Crippen molar-refractivity contribution in [2.24, 2.45) is 40.4 Å². The molecule has 2 aromatic carbocycles. The van der Waals surface area contributed by atoms with Crippen molar-refractivity contribution in [2.75, 3.05) is 0 Å². The Kier molecular flexibility index (Phi) is 7.24. The lowest BCUT2D eigenvalue weighted by Gasteiger charge is -2.61. The number of ketones is 5. The molecule has 4 aliphatic carbocycles. The average Bonchev–Trinajstić information content (AvgIpc) is 3.35. The maximum atomic E-state index is 14.5. The molecular formula is C38H42O7. The van der Waals surface area contributed by atoms with Crippen molar-refractivity contribution in [3.8, 4) is 16.9 Å². The molecular weight excluding hydrogens is 568 g/mol. The normalized spacial score (nSPS) is 35.4. The van der Waals surface area contributed by atoms with Gasteiger partial charge in [0.15, 0.2) is 28.7 Å². The lowest BCUT2D eigenvalue weighted by Crippen LogP contribution is -2.76. The summed E-state index contributed by atoms with van der Waals surface area (Å²) in [5.74, 6) is -8.29. The number of rotatable bonds is 4. The predicted octanol–water partition coefficient (Wildman–Crippen LogP) is 5.96. The van der Waals surface area contributed by atoms with Gasteiger partial charge in [-0.3, -0.25) is 24.0 Å². The highest BCUT2D eigenvalue weighted by Gasteiger charge is 2.76. The quantitative estimate of drug-likeness (QED) is 0.409. The van der Waals surface area contributed by atoms with Crippen molar-refractivity contribution in [1.82, 2.24) is 0 Å². The summed E-state index contributed by atoms with van der Waals surface area (Å²) in [5.41, 5.74) is -0.516. The summed E-state index contributed by atoms with van der Waals surface area (Å²) in [6.45, 7) is 10.3. The fourth-order valence-corrected chi connectivity index (χ4v) is 9.64. The van der Waals surface area contributed by atoms with Crippen LogP contribution in [0.2, 0.25) is 0 Å². The smallest absolute Gasteiger partial charge is 0.190 e. The number of allylic oxidation sites excluding steroid dienone is 1. The number of hydrogen-bond acceptors (Lipinski definition) is 7. The zero-order chi connectivity index (χ0) is 32.8. The van der Waals surface area contributed by atoms with E-state index in [1.54, 1.807) is 33.8 Å². The van der Waals surface area contributed by atoms with Gasteiger partial charge in [0.05, 0.1) is 11.5 Å². The third-order valence-electron chi connectivity index (χ3n) is 11.6. The Labute approximate surface area is 264 Å². The summed E-state index contributed by atoms with van der Waals surface area (Å²) < 4.78 is 0. The highest BCUT2D eigenvalue weighted by Crippen LogP contribution is 2.64. The van der Waals surface area contributed by atoms with Gasteiger partial charge in [-0.15, -0.1) is 0 Å². The van der Waals surface area contributed by atoms with Gasteiger partial charge in [-0.05, 0) is 84.6 Å². The van der Waals surface area contributed by atoms with Crippen LogP contribution in [-0.4, -0.2) is 44.7 Å². The van der Waals surface area contributed by atoms with Gasteiger partial charge in [0.25, 0.3) is 0 Å². The second kappa shape index (κ2) is 10.4. The number of carbonyl (C=O) groups is 5. The largest absolute Gasteiger partial charge is 0.507 e. The number of carbonyl (C=O) groups excluding carboxylic acids is 5. The van der Waals surface area contributed by atoms with Crippen molar-refractivity contribution in [3.05, 3.63) is 58.7 Å². The van der Waals surface area contributed by atoms with E-state index in [0.29, 0.717) is 11.5 Å². The monoisotopic (exact) mass is 610 g/mol. The van der Waals surface area contributed by atoms with Crippen molar-refractivity contribution in [2.45, 2.75) is 79.2 Å². The van der Waals surface area contributed by atoms with Gasteiger partial charge in [0.1, 0.15) is 17.5 Å². The Morgan fingerprint density at radius 1 is 1.00 bits per heavy atom. The topological polar surface area (TPSA) is 126 Å². The number of Topliss-reactive ketones (excluding diaryl/α,β-unsaturated/α-hetero) is 5. The average molecular weight is 611 g/mol. The van der Waals surface area contributed by atoms with E-state index in [2.05, 4.69) is 13.0 Å². The molecule has 7 nitrogen and oxygen atoms in total. The Morgan fingerprint density at radius 2 is 1.67 bits per heavy atom. The van der Waals surface area contributed by atoms with E-state index in [-0.39, 0.29) is 30.1 Å². The van der Waals surface area contributed by atoms with Crippen LogP contribution in [-0.2, 0) is 25.6 Å². The van der Waals surface area contributed by atoms with Crippen molar-refractivity contribution >= 4 is 35.0 Å². The SMILES string of the molecule is CC(=O)C1C(=O)C(C(C)C)[C@@]2(C)C[C@@]3(C)Cc4c(-c5ccc(C=C6CCCC6C)cc5)ccc(O)c4C(=O)C3C(=O)[C@@]2(O)C1=O. The number of benzene rings is 2. The molecule has 7 atom stereocenters. The molecule has 236 valence electrons. The molecule has 0 radical (unpaired) electrons. The van der Waals surface area contributed by atoms with E-state index in [1.165, 1.54) is 24.5 Å². The minimum absolute atomic E-state index is 0.0179. The van der Waals surface area contributed by atoms with Crippen molar-refractivity contribution < 1.29 is 34.2 Å². The number of aliphatic hydroxyl groups is 1. The number of phenolic OH excluding ortho intramolecular Hbond substituents is 1. The van der Waals surface area contributed by atoms with E-state index >= 15 is 0 Å². The molecule has 4 unspecified atom stereocenters. The predicted molar refractivity (Wildman–Crippen MR) is 169 cm³/mol. The molecule has 7 heteroatoms. The van der Waals surface area contributed by atoms with Crippen LogP contribution in [0.1, 0.15) is 88.7 Å². The Morgan fingerprint density at radius 3 is 2.24 bits per heavy atom. The molecule has 3 fully saturated rings. The fourth-order valence-electron chi connectivity index (χ4n) is 9.64. The van der Waals surface area contributed by atoms with Crippen LogP contribution in [0.25, 0.3) is 17.2 Å². The molecule has 45 heavy (non-hydrogen) atoms. The fraction of sp³-hybridized carbons (Fsp3) is 0.500. The van der Waals surface area contributed by atoms with Gasteiger partial charge in [-0.1, -0.05) is 76.6 Å². The van der Waals surface area contributed by atoms with Crippen LogP contribution >= 0.6 is 0 Å². The van der Waals surface area contributed by atoms with E-state index in [4.69, 9.17) is 0 Å². The third-order valence-corrected chi connectivity index (χ3v) is 11.6. The van der Waals surface area contributed by atoms with E-state index < -0.39 is 63.1 Å². The van der Waals surface area contributed by atoms with E-state index in [0.717, 1.165) is 30.0 Å². The molecule has 0 saturated heterocycles. The first-order valence-corrected chi connectivity index (χ1v) is 16.1. The number of hydrogen-bond donors (Lipinski definition) is 2. The summed E-state index contributed by atoms with van der Waals surface area (Å²) in [4.78, 5) is 68.9. The molecule has 2 N–H and O–H groups in total. The van der Waals surface area contributed by atoms with Crippen LogP contribution < -0.4 is 0 Å². The van der Waals surface area contributed by atoms with Crippen LogP contribution in [0.4, 0.5) is 0 Å². The first-order chi connectivity index (χ1) is 21.1. The second-order valence-electron chi connectivity index (χ2n) is 14.9. The second-order valence-corrected chi connectivity index (χ2v) is 14.9. The lowest BCUT2D eigenvalue weighted by molar-refractivity contribution is -0.205. The number of fused-ring (bicyclic) bond motifs is 3. The molecule has 0 amide bonds. The molecule has 0 aliphatic heterocycles. The zero-order valence-electron chi connectivity index (χ0n) is 26.9. The van der Waals surface area contributed by atoms with Crippen LogP contribution in [0.3, 0.4) is 0 Å². The lowest BCUT2D eigenvalue weighted by atomic mass is 9.40. The highest BCUT2D eigenvalue weighted by atomic mass is 16.3. The Bertz CT molecular complexity index is 1700. The molecule has 4 aliphatic rings. The molecule has 0 spiro atoms. The van der Waals surface area contributed by atoms with Gasteiger partial charge in [0, 0.05) is 11.3 Å². The minimum Gasteiger partial charge on any atom is -0.507 e. The molecule has 3 saturated carbocycles. The van der Waals surface area contributed by atoms with E-state index in [1.807, 2.05) is 24.3 Å². The molecule has 0 heterocycles. The minimum atomic E-state index is -2.70. The molecule has 6 rings (SSSR count). The van der Waals surface area contributed by atoms with Gasteiger partial charge < -0.3 is 10.2 Å². The van der Waals surface area contributed by atoms with Crippen LogP contribution in [0.5, 0.6) is 5.75 Å². The van der Waals surface area contributed by atoms with Gasteiger partial charge in [-0.25, -0.2) is 0 Å². The summed E-state index contributed by atoms with van der Waals surface area (Å²) in [6, 6.07) is 11.3. The van der Waals surface area contributed by atoms with Gasteiger partial charge in [-0.2, -0.15) is 0 Å². The summed E-state index contributed by atoms with van der Waals surface area (Å²) in [7, 11) is 0. The third kappa shape index (κ3) is 4.29. The zero-order valence-corrected chi connectivity index (χ0v) is 26.9. The summed E-state index contributed by atoms with van der Waals surface area (Å²) >= 11 is 0. The Hall–Kier alpha value is -3.71. The van der Waals surface area contributed by atoms with E-state index in [9.17, 15) is 34.2 Å². The Balaban J connectivity index is 1.47. The first kappa shape index (κ1) is 31.3. The van der Waals surface area contributed by atoms with Crippen LogP contribution in [0, 0.1) is 40.4 Å². The molecule has 0 aromatic heterocycles. The van der Waals surface area contributed by atoms with Crippen molar-refractivity contribution in [3.63, 3.8) is 0 Å². The highest BCUT2D eigenvalue weighted by molar-refractivity contribution is 6.32. The number of phenols is 1. The standard InChI is InChI=1S/C38H42O7/c1-19(2)30-32(41)28(21(4)39)34(43)38(45)35(44)31-33(42)29-26(17-36(31,5)18-37(30,38)6)25(14-15-27(29)40)23-12-10-22(11-13-23)16-24-9-7-8-20(24)3/h10-16,19-20,28,30-31,40,45H,7-9,17-18H2,1-6H3/t20?,28?,30?,31?,36-,37-,38+/m1/s1. The maximum Gasteiger partial charge on any atom is 0.190 e. The summed E-state index contributed by atoms with van der Waals surface area (Å²) in [5, 5.41) is 23.2. The van der Waals surface area contributed by atoms with Crippen LogP contribution in [0.15, 0.2) is 42.0 Å². The van der Waals surface area contributed by atoms with Gasteiger partial charge >= 0.3 is 0 Å². The first-order valence-electron chi connectivity index (χ1n) is 16.1. The molecule has 2 aromatic rings. The molecule has 0 bridgehead atoms. The van der Waals surface area contributed by atoms with Crippen molar-refractivity contribution in [1.29, 1.82) is 0 Å². The number of aromatic hydroxyl groups is 1. The maximum absolute atomic E-state index is 14.5. The van der Waals surface area contributed by atoms with Gasteiger partial charge in [0.2, 0.25) is 0 Å². The summed E-state index contributed by atoms with van der Waals surface area (Å²) in [6.07, 6.45) is 6.00.